The summed E-state index contributed by atoms with van der Waals surface area (Å²) in [7, 11) is 0. The van der Waals surface area contributed by atoms with Gasteiger partial charge in [0.1, 0.15) is 0 Å². The number of carbonyl (C=O) groups excluding carboxylic acids is 1. The van der Waals surface area contributed by atoms with Crippen molar-refractivity contribution in [3.05, 3.63) is 35.9 Å². The topological polar surface area (TPSA) is 78.4 Å². The standard InChI is InChI=1S/C16H22N2O3/c1-16(7-9-17-10-8-16)15(21)18-11-13(14(19)20)12-5-3-2-4-6-12/h2-6,13,17H,7-11H2,1H3,(H,18,21)(H,19,20). The van der Waals surface area contributed by atoms with Crippen molar-refractivity contribution in [1.82, 2.24) is 10.6 Å². The third kappa shape index (κ3) is 3.82. The molecule has 1 heterocycles. The fourth-order valence-corrected chi connectivity index (χ4v) is 2.65. The fraction of sp³-hybridized carbons (Fsp3) is 0.500. The lowest BCUT2D eigenvalue weighted by Gasteiger charge is -2.32. The van der Waals surface area contributed by atoms with Crippen LogP contribution in [0.2, 0.25) is 0 Å². The van der Waals surface area contributed by atoms with Crippen molar-refractivity contribution in [3.8, 4) is 0 Å². The van der Waals surface area contributed by atoms with Gasteiger partial charge in [0.15, 0.2) is 0 Å². The van der Waals surface area contributed by atoms with Gasteiger partial charge in [-0.05, 0) is 31.5 Å². The van der Waals surface area contributed by atoms with Crippen molar-refractivity contribution < 1.29 is 14.7 Å². The fourth-order valence-electron chi connectivity index (χ4n) is 2.65. The van der Waals surface area contributed by atoms with E-state index in [1.165, 1.54) is 0 Å². The molecule has 5 nitrogen and oxygen atoms in total. The van der Waals surface area contributed by atoms with Gasteiger partial charge in [-0.15, -0.1) is 0 Å². The molecule has 0 radical (unpaired) electrons. The third-order valence-electron chi connectivity index (χ3n) is 4.22. The maximum Gasteiger partial charge on any atom is 0.312 e. The Hall–Kier alpha value is -1.88. The molecule has 3 N–H and O–H groups in total. The van der Waals surface area contributed by atoms with E-state index in [2.05, 4.69) is 10.6 Å². The van der Waals surface area contributed by atoms with Gasteiger partial charge in [0, 0.05) is 12.0 Å². The summed E-state index contributed by atoms with van der Waals surface area (Å²) in [5.74, 6) is -1.68. The Morgan fingerprint density at radius 1 is 1.29 bits per heavy atom. The molecule has 1 aliphatic heterocycles. The number of rotatable bonds is 5. The monoisotopic (exact) mass is 290 g/mol. The first-order valence-electron chi connectivity index (χ1n) is 7.30. The van der Waals surface area contributed by atoms with E-state index in [1.54, 1.807) is 24.3 Å². The van der Waals surface area contributed by atoms with Crippen LogP contribution in [0.25, 0.3) is 0 Å². The van der Waals surface area contributed by atoms with Crippen molar-refractivity contribution in [2.45, 2.75) is 25.7 Å². The van der Waals surface area contributed by atoms with Crippen molar-refractivity contribution in [1.29, 1.82) is 0 Å². The smallest absolute Gasteiger partial charge is 0.312 e. The zero-order valence-corrected chi connectivity index (χ0v) is 12.3. The number of carbonyl (C=O) groups is 2. The summed E-state index contributed by atoms with van der Waals surface area (Å²) in [6, 6.07) is 9.01. The van der Waals surface area contributed by atoms with Gasteiger partial charge in [-0.3, -0.25) is 9.59 Å². The van der Waals surface area contributed by atoms with Crippen molar-refractivity contribution in [3.63, 3.8) is 0 Å². The number of nitrogens with one attached hydrogen (secondary N) is 2. The lowest BCUT2D eigenvalue weighted by atomic mass is 9.80. The Bertz CT molecular complexity index is 496. The van der Waals surface area contributed by atoms with Gasteiger partial charge < -0.3 is 15.7 Å². The number of amides is 1. The maximum atomic E-state index is 12.3. The van der Waals surface area contributed by atoms with E-state index in [1.807, 2.05) is 13.0 Å². The lowest BCUT2D eigenvalue weighted by Crippen LogP contribution is -2.47. The average Bonchev–Trinajstić information content (AvgIpc) is 2.48. The second-order valence-corrected chi connectivity index (χ2v) is 5.82. The Kier molecular flexibility index (Phi) is 4.96. The predicted octanol–water partition coefficient (Wildman–Crippen LogP) is 1.36. The summed E-state index contributed by atoms with van der Waals surface area (Å²) in [5.41, 5.74) is 0.311. The van der Waals surface area contributed by atoms with Crippen LogP contribution in [-0.4, -0.2) is 36.6 Å². The number of hydrogen-bond acceptors (Lipinski definition) is 3. The minimum Gasteiger partial charge on any atom is -0.481 e. The number of carboxylic acids is 1. The van der Waals surface area contributed by atoms with E-state index in [-0.39, 0.29) is 12.5 Å². The van der Waals surface area contributed by atoms with E-state index in [0.29, 0.717) is 5.56 Å². The summed E-state index contributed by atoms with van der Waals surface area (Å²) in [6.45, 7) is 3.72. The zero-order valence-electron chi connectivity index (χ0n) is 12.3. The van der Waals surface area contributed by atoms with Crippen LogP contribution in [0.15, 0.2) is 30.3 Å². The molecule has 2 rings (SSSR count). The molecule has 0 aromatic heterocycles. The minimum absolute atomic E-state index is 0.0498. The minimum atomic E-state index is -0.919. The SMILES string of the molecule is CC1(C(=O)NCC(C(=O)O)c2ccccc2)CCNCC1. The summed E-state index contributed by atoms with van der Waals surface area (Å²) in [4.78, 5) is 23.8. The molecule has 0 aliphatic carbocycles. The Morgan fingerprint density at radius 3 is 2.48 bits per heavy atom. The summed E-state index contributed by atoms with van der Waals surface area (Å²) in [6.07, 6.45) is 1.56. The molecule has 1 aromatic carbocycles. The van der Waals surface area contributed by atoms with Crippen molar-refractivity contribution in [2.24, 2.45) is 5.41 Å². The van der Waals surface area contributed by atoms with Crippen LogP contribution in [0, 0.1) is 5.41 Å². The van der Waals surface area contributed by atoms with Gasteiger partial charge in [0.05, 0.1) is 5.92 Å². The molecular formula is C16H22N2O3. The molecule has 1 aliphatic rings. The van der Waals surface area contributed by atoms with Crippen LogP contribution in [0.4, 0.5) is 0 Å². The van der Waals surface area contributed by atoms with Crippen LogP contribution in [0.1, 0.15) is 31.2 Å². The van der Waals surface area contributed by atoms with Crippen LogP contribution < -0.4 is 10.6 Å². The van der Waals surface area contributed by atoms with Gasteiger partial charge in [-0.2, -0.15) is 0 Å². The molecule has 1 fully saturated rings. The van der Waals surface area contributed by atoms with E-state index in [0.717, 1.165) is 25.9 Å². The number of carboxylic acid groups (broad SMARTS) is 1. The summed E-state index contributed by atoms with van der Waals surface area (Å²) < 4.78 is 0. The van der Waals surface area contributed by atoms with Gasteiger partial charge >= 0.3 is 5.97 Å². The first-order valence-corrected chi connectivity index (χ1v) is 7.30. The second-order valence-electron chi connectivity index (χ2n) is 5.82. The van der Waals surface area contributed by atoms with Gasteiger partial charge in [-0.25, -0.2) is 0 Å². The Morgan fingerprint density at radius 2 is 1.90 bits per heavy atom. The van der Waals surface area contributed by atoms with Crippen LogP contribution >= 0.6 is 0 Å². The molecule has 1 unspecified atom stereocenters. The van der Waals surface area contributed by atoms with Crippen LogP contribution in [-0.2, 0) is 9.59 Å². The van der Waals surface area contributed by atoms with Gasteiger partial charge in [0.25, 0.3) is 0 Å². The molecule has 5 heteroatoms. The average molecular weight is 290 g/mol. The first kappa shape index (κ1) is 15.5. The molecule has 114 valence electrons. The van der Waals surface area contributed by atoms with Crippen LogP contribution in [0.5, 0.6) is 0 Å². The second kappa shape index (κ2) is 6.72. The van der Waals surface area contributed by atoms with E-state index >= 15 is 0 Å². The van der Waals surface area contributed by atoms with Crippen LogP contribution in [0.3, 0.4) is 0 Å². The summed E-state index contributed by atoms with van der Waals surface area (Å²) >= 11 is 0. The number of aliphatic carboxylic acids is 1. The van der Waals surface area contributed by atoms with Crippen molar-refractivity contribution in [2.75, 3.05) is 19.6 Å². The predicted molar refractivity (Wildman–Crippen MR) is 80.0 cm³/mol. The normalized spacial score (nSPS) is 18.7. The molecule has 1 aromatic rings. The molecule has 21 heavy (non-hydrogen) atoms. The molecular weight excluding hydrogens is 268 g/mol. The highest BCUT2D eigenvalue weighted by atomic mass is 16.4. The number of benzene rings is 1. The van der Waals surface area contributed by atoms with Gasteiger partial charge in [-0.1, -0.05) is 37.3 Å². The van der Waals surface area contributed by atoms with E-state index in [9.17, 15) is 14.7 Å². The van der Waals surface area contributed by atoms with Crippen molar-refractivity contribution >= 4 is 11.9 Å². The highest BCUT2D eigenvalue weighted by molar-refractivity contribution is 5.83. The number of hydrogen-bond donors (Lipinski definition) is 3. The highest BCUT2D eigenvalue weighted by Gasteiger charge is 2.35. The molecule has 1 atom stereocenters. The lowest BCUT2D eigenvalue weighted by molar-refractivity contribution is -0.139. The maximum absolute atomic E-state index is 12.3. The zero-order chi connectivity index (χ0) is 15.3. The Labute approximate surface area is 124 Å². The summed E-state index contributed by atoms with van der Waals surface area (Å²) in [5, 5.41) is 15.4. The highest BCUT2D eigenvalue weighted by Crippen LogP contribution is 2.28. The quantitative estimate of drug-likeness (QED) is 0.765. The largest absolute Gasteiger partial charge is 0.481 e. The van der Waals surface area contributed by atoms with E-state index in [4.69, 9.17) is 0 Å². The molecule has 1 amide bonds. The molecule has 0 bridgehead atoms. The molecule has 0 spiro atoms. The Balaban J connectivity index is 1.99. The number of piperidine rings is 1. The molecule has 0 saturated carbocycles. The first-order chi connectivity index (χ1) is 10.0. The third-order valence-corrected chi connectivity index (χ3v) is 4.22. The van der Waals surface area contributed by atoms with E-state index < -0.39 is 17.3 Å². The van der Waals surface area contributed by atoms with Gasteiger partial charge in [0.2, 0.25) is 5.91 Å². The molecule has 1 saturated heterocycles.